The molecule has 3 aliphatic rings. The third kappa shape index (κ3) is 13.2. The van der Waals surface area contributed by atoms with Crippen molar-refractivity contribution in [3.05, 3.63) is 494 Å². The first-order valence-corrected chi connectivity index (χ1v) is 49.6. The number of hydrogen-bond donors (Lipinski definition) is 0. The second kappa shape index (κ2) is 32.3. The van der Waals surface area contributed by atoms with Crippen LogP contribution in [-0.4, -0.2) is 0 Å². The molecule has 3 heteroatoms. The zero-order valence-electron chi connectivity index (χ0n) is 80.1. The SMILES string of the molecule is CC1(C)c2cc3ccccc3cc2-c2cc3ccc(-c4ccc5ccccc5c4)c4ccc5c(-c6ccccc6)cc1c2c5c34.CC1(C)c2ccccc2-c2cc3c(-c4ccccc4)cc(-c4ccccc4)c4ccc5c(-c6ccccc6)cc1c2c5c43.[C-]#[N+]c1ccc(-c2ccc3cc4c5c(cc(-c6ccc(C(C)(C)C)cc6)c6ccc2c3c65)Oc2cc(N(c3ccccc3)c3ccccc3)ccc2-4)cc1. The summed E-state index contributed by atoms with van der Waals surface area (Å²) in [5.74, 6) is 1.70. The third-order valence-electron chi connectivity index (χ3n) is 31.3. The number of ether oxygens (including phenoxy) is 1. The van der Waals surface area contributed by atoms with E-state index >= 15 is 0 Å². The molecule has 0 saturated carbocycles. The fraction of sp³-hybridized carbons (Fsp3) is 0.0719. The summed E-state index contributed by atoms with van der Waals surface area (Å²) in [6.07, 6.45) is 0. The second-order valence-electron chi connectivity index (χ2n) is 41.0. The molecule has 142 heavy (non-hydrogen) atoms. The molecule has 1 aliphatic heterocycles. The summed E-state index contributed by atoms with van der Waals surface area (Å²) >= 11 is 0. The van der Waals surface area contributed by atoms with Crippen molar-refractivity contribution >= 4 is 141 Å². The van der Waals surface area contributed by atoms with Crippen molar-refractivity contribution in [3.63, 3.8) is 0 Å². The summed E-state index contributed by atoms with van der Waals surface area (Å²) in [5.41, 5.74) is 35.5. The average molecular weight is 1810 g/mol. The Morgan fingerprint density at radius 3 is 1.13 bits per heavy atom. The highest BCUT2D eigenvalue weighted by Crippen LogP contribution is 2.61. The second-order valence-corrected chi connectivity index (χ2v) is 41.0. The van der Waals surface area contributed by atoms with Gasteiger partial charge in [-0.25, -0.2) is 4.85 Å². The molecule has 0 unspecified atom stereocenters. The molecular weight excluding hydrogens is 1710 g/mol. The van der Waals surface area contributed by atoms with E-state index in [0.717, 1.165) is 61.8 Å². The molecule has 0 fully saturated rings. The largest absolute Gasteiger partial charge is 0.456 e. The lowest BCUT2D eigenvalue weighted by atomic mass is 9.66. The topological polar surface area (TPSA) is 16.8 Å². The smallest absolute Gasteiger partial charge is 0.187 e. The molecular formula is C139H96N2O. The lowest BCUT2D eigenvalue weighted by Crippen LogP contribution is -2.24. The Balaban J connectivity index is 0.000000107. The van der Waals surface area contributed by atoms with Crippen LogP contribution in [-0.2, 0) is 16.2 Å². The molecule has 26 aromatic rings. The first-order valence-electron chi connectivity index (χ1n) is 49.6. The number of hydrogen-bond acceptors (Lipinski definition) is 2. The lowest BCUT2D eigenvalue weighted by Gasteiger charge is -2.37. The quantitative estimate of drug-likeness (QED) is 0.100. The van der Waals surface area contributed by atoms with E-state index in [2.05, 4.69) is 501 Å². The van der Waals surface area contributed by atoms with Crippen LogP contribution in [0.3, 0.4) is 0 Å². The van der Waals surface area contributed by atoms with Gasteiger partial charge in [0.05, 0.1) is 6.57 Å². The lowest BCUT2D eigenvalue weighted by molar-refractivity contribution is 0.487. The number of rotatable bonds is 10. The summed E-state index contributed by atoms with van der Waals surface area (Å²) in [6, 6.07) is 167. The van der Waals surface area contributed by atoms with Crippen molar-refractivity contribution in [1.82, 2.24) is 0 Å². The van der Waals surface area contributed by atoms with Gasteiger partial charge in [0.25, 0.3) is 0 Å². The van der Waals surface area contributed by atoms with Gasteiger partial charge in [-0.3, -0.25) is 0 Å². The Morgan fingerprint density at radius 1 is 0.211 bits per heavy atom. The Kier molecular flexibility index (Phi) is 19.0. The van der Waals surface area contributed by atoms with E-state index in [1.807, 2.05) is 12.1 Å². The van der Waals surface area contributed by atoms with E-state index in [4.69, 9.17) is 11.3 Å². The van der Waals surface area contributed by atoms with Crippen LogP contribution in [0, 0.1) is 6.57 Å². The zero-order valence-corrected chi connectivity index (χ0v) is 80.1. The summed E-state index contributed by atoms with van der Waals surface area (Å²) in [5, 5.41) is 28.6. The first-order chi connectivity index (χ1) is 69.5. The van der Waals surface area contributed by atoms with Gasteiger partial charge in [-0.15, -0.1) is 0 Å². The van der Waals surface area contributed by atoms with Crippen LogP contribution in [0.5, 0.6) is 11.5 Å². The van der Waals surface area contributed by atoms with Crippen molar-refractivity contribution in [2.45, 2.75) is 64.7 Å². The van der Waals surface area contributed by atoms with Crippen molar-refractivity contribution in [2.24, 2.45) is 0 Å². The van der Waals surface area contributed by atoms with E-state index in [-0.39, 0.29) is 16.2 Å². The molecule has 1 heterocycles. The van der Waals surface area contributed by atoms with E-state index in [0.29, 0.717) is 5.69 Å². The molecule has 668 valence electrons. The van der Waals surface area contributed by atoms with E-state index < -0.39 is 0 Å². The monoisotopic (exact) mass is 1810 g/mol. The van der Waals surface area contributed by atoms with E-state index in [9.17, 15) is 0 Å². The highest BCUT2D eigenvalue weighted by molar-refractivity contribution is 6.36. The van der Waals surface area contributed by atoms with Crippen LogP contribution in [0.4, 0.5) is 22.7 Å². The Morgan fingerprint density at radius 2 is 0.592 bits per heavy atom. The molecule has 0 bridgehead atoms. The van der Waals surface area contributed by atoms with Crippen LogP contribution in [0.1, 0.15) is 76.3 Å². The average Bonchev–Trinajstić information content (AvgIpc) is 0.689. The first kappa shape index (κ1) is 83.8. The van der Waals surface area contributed by atoms with Gasteiger partial charge in [-0.05, 0) is 344 Å². The molecule has 0 radical (unpaired) electrons. The summed E-state index contributed by atoms with van der Waals surface area (Å²) in [7, 11) is 0. The molecule has 0 spiro atoms. The van der Waals surface area contributed by atoms with Crippen LogP contribution < -0.4 is 9.64 Å². The minimum atomic E-state index is -0.167. The van der Waals surface area contributed by atoms with Crippen LogP contribution in [0.15, 0.2) is 455 Å². The third-order valence-corrected chi connectivity index (χ3v) is 31.3. The summed E-state index contributed by atoms with van der Waals surface area (Å²) in [6.45, 7) is 23.9. The number of para-hydroxylation sites is 2. The number of fused-ring (bicyclic) bond motifs is 8. The molecule has 2 aliphatic carbocycles. The van der Waals surface area contributed by atoms with Crippen molar-refractivity contribution in [2.75, 3.05) is 4.90 Å². The summed E-state index contributed by atoms with van der Waals surface area (Å²) < 4.78 is 7.08. The highest BCUT2D eigenvalue weighted by Gasteiger charge is 2.40. The van der Waals surface area contributed by atoms with Gasteiger partial charge in [0.1, 0.15) is 11.5 Å². The van der Waals surface area contributed by atoms with Crippen molar-refractivity contribution in [3.8, 4) is 123 Å². The Bertz CT molecular complexity index is 9630. The fourth-order valence-corrected chi connectivity index (χ4v) is 24.4. The maximum atomic E-state index is 7.46. The normalized spacial score (nSPS) is 13.1. The van der Waals surface area contributed by atoms with Gasteiger partial charge in [0.2, 0.25) is 0 Å². The molecule has 0 amide bonds. The van der Waals surface area contributed by atoms with Crippen molar-refractivity contribution < 1.29 is 4.74 Å². The van der Waals surface area contributed by atoms with Crippen LogP contribution >= 0.6 is 0 Å². The zero-order chi connectivity index (χ0) is 95.1. The van der Waals surface area contributed by atoms with Crippen LogP contribution in [0.25, 0.3) is 235 Å². The van der Waals surface area contributed by atoms with Gasteiger partial charge in [0, 0.05) is 50.3 Å². The van der Waals surface area contributed by atoms with Gasteiger partial charge >= 0.3 is 0 Å². The van der Waals surface area contributed by atoms with Gasteiger partial charge in [-0.2, -0.15) is 0 Å². The Labute approximate surface area is 826 Å². The predicted octanol–water partition coefficient (Wildman–Crippen LogP) is 39.4. The maximum absolute atomic E-state index is 7.46. The minimum Gasteiger partial charge on any atom is -0.456 e. The van der Waals surface area contributed by atoms with Crippen molar-refractivity contribution in [1.29, 1.82) is 0 Å². The number of benzene rings is 26. The van der Waals surface area contributed by atoms with E-state index in [1.54, 1.807) is 0 Å². The van der Waals surface area contributed by atoms with Gasteiger partial charge < -0.3 is 9.64 Å². The van der Waals surface area contributed by atoms with Gasteiger partial charge in [0.15, 0.2) is 5.69 Å². The molecule has 0 saturated heterocycles. The van der Waals surface area contributed by atoms with Crippen LogP contribution in [0.2, 0.25) is 0 Å². The Hall–Kier alpha value is -17.6. The molecule has 3 nitrogen and oxygen atoms in total. The number of anilines is 3. The molecule has 0 aromatic heterocycles. The molecule has 26 aromatic carbocycles. The molecule has 29 rings (SSSR count). The minimum absolute atomic E-state index is 0.0589. The summed E-state index contributed by atoms with van der Waals surface area (Å²) in [4.78, 5) is 5.90. The standard InChI is InChI=1S/C51H36N2O.C45H30.C43H30/c1-51(2,3)35-20-15-33(16-21-35)44-31-47-49-45(29-34-19-25-40(32-17-22-36(52-4)23-18-32)42-27-28-43(44)50(49)48(34)42)41-26-24-39(30-46(41)54-47)53(37-11-7-5-8-12-37)38-13-9-6-10-14-38;1-45(2)40-25-31-15-9-8-14-30(31)23-38(40)39-24-33-18-19-34(32-17-16-27-10-6-7-13-29(27)22-32)35-20-21-36-37(28-11-4-3-5-12-28)26-41(45)43(39)44(36)42(33)35;1-43(2)38-21-13-12-20-30(38)36-25-37-34(28-16-8-4-9-17-28)24-33(27-14-6-3-7-15-27)31-22-23-32-35(29-18-10-5-11-19-29)26-39(43)41(36)42(32)40(31)37/h5-31H,1-3H3;3-26H,1-2H3;3-26H,1-2H3. The van der Waals surface area contributed by atoms with E-state index in [1.165, 1.54) is 224 Å². The predicted molar refractivity (Wildman–Crippen MR) is 604 cm³/mol. The molecule has 0 N–H and O–H groups in total. The molecule has 0 atom stereocenters. The maximum Gasteiger partial charge on any atom is 0.187 e. The number of nitrogens with zero attached hydrogens (tertiary/aromatic N) is 2. The fourth-order valence-electron chi connectivity index (χ4n) is 24.4. The highest BCUT2D eigenvalue weighted by atomic mass is 16.5. The van der Waals surface area contributed by atoms with Gasteiger partial charge in [-0.1, -0.05) is 400 Å².